The number of hydrogen-bond acceptors (Lipinski definition) is 4. The van der Waals surface area contributed by atoms with Crippen molar-refractivity contribution in [3.05, 3.63) is 107 Å². The van der Waals surface area contributed by atoms with Crippen LogP contribution in [0.3, 0.4) is 0 Å². The summed E-state index contributed by atoms with van der Waals surface area (Å²) < 4.78 is 0. The van der Waals surface area contributed by atoms with Crippen LogP contribution in [0.25, 0.3) is 0 Å². The molecule has 0 aromatic heterocycles. The molecule has 152 valence electrons. The summed E-state index contributed by atoms with van der Waals surface area (Å²) in [6, 6.07) is 23.2. The van der Waals surface area contributed by atoms with Crippen LogP contribution < -0.4 is 10.6 Å². The van der Waals surface area contributed by atoms with E-state index in [1.54, 1.807) is 42.5 Å². The summed E-state index contributed by atoms with van der Waals surface area (Å²) in [5, 5.41) is 14.8. The molecule has 0 aliphatic rings. The minimum absolute atomic E-state index is 0.204. The second-order valence-corrected chi connectivity index (χ2v) is 6.69. The molecule has 0 saturated carbocycles. The molecule has 0 aliphatic heterocycles. The van der Waals surface area contributed by atoms with Crippen LogP contribution >= 0.6 is 0 Å². The predicted octanol–water partition coefficient (Wildman–Crippen LogP) is 2.32. The summed E-state index contributed by atoms with van der Waals surface area (Å²) in [6.45, 7) is -0.262. The van der Waals surface area contributed by atoms with Crippen LogP contribution in [0.15, 0.2) is 84.9 Å². The summed E-state index contributed by atoms with van der Waals surface area (Å²) in [5.41, 5.74) is 2.01. The van der Waals surface area contributed by atoms with E-state index in [0.717, 1.165) is 5.56 Å². The number of amides is 2. The molecule has 0 aliphatic carbocycles. The number of hydrogen-bond donors (Lipinski definition) is 3. The summed E-state index contributed by atoms with van der Waals surface area (Å²) >= 11 is 0. The third-order valence-corrected chi connectivity index (χ3v) is 4.54. The van der Waals surface area contributed by atoms with Crippen molar-refractivity contribution in [3.8, 4) is 0 Å². The van der Waals surface area contributed by atoms with Gasteiger partial charge in [-0.25, -0.2) is 0 Å². The number of rotatable bonds is 8. The highest BCUT2D eigenvalue weighted by molar-refractivity contribution is 6.10. The standard InChI is InChI=1S/C24H22N2O4/c27-16-21(24(30)25-15-17-8-3-1-4-9-17)26-23(29)20-13-7-12-19(14-20)22(28)18-10-5-2-6-11-18/h1-14,21,27H,15-16H2,(H,25,30)(H,26,29). The fourth-order valence-corrected chi connectivity index (χ4v) is 2.90. The summed E-state index contributed by atoms with van der Waals surface area (Å²) in [6.07, 6.45) is 0. The lowest BCUT2D eigenvalue weighted by Crippen LogP contribution is -2.48. The Morgan fingerprint density at radius 3 is 2.03 bits per heavy atom. The van der Waals surface area contributed by atoms with Gasteiger partial charge in [0, 0.05) is 23.2 Å². The van der Waals surface area contributed by atoms with Crippen molar-refractivity contribution in [2.24, 2.45) is 0 Å². The molecular weight excluding hydrogens is 380 g/mol. The maximum Gasteiger partial charge on any atom is 0.252 e. The van der Waals surface area contributed by atoms with Gasteiger partial charge >= 0.3 is 0 Å². The van der Waals surface area contributed by atoms with Crippen LogP contribution in [-0.4, -0.2) is 35.4 Å². The number of benzene rings is 3. The van der Waals surface area contributed by atoms with Crippen LogP contribution in [0, 0.1) is 0 Å². The van der Waals surface area contributed by atoms with E-state index in [9.17, 15) is 19.5 Å². The van der Waals surface area contributed by atoms with Crippen molar-refractivity contribution in [2.75, 3.05) is 6.61 Å². The lowest BCUT2D eigenvalue weighted by Gasteiger charge is -2.16. The molecule has 6 heteroatoms. The number of aliphatic hydroxyl groups is 1. The van der Waals surface area contributed by atoms with Gasteiger partial charge in [-0.1, -0.05) is 72.8 Å². The molecule has 0 heterocycles. The largest absolute Gasteiger partial charge is 0.394 e. The molecule has 0 bridgehead atoms. The van der Waals surface area contributed by atoms with Crippen LogP contribution in [0.5, 0.6) is 0 Å². The highest BCUT2D eigenvalue weighted by atomic mass is 16.3. The number of aliphatic hydroxyl groups excluding tert-OH is 1. The topological polar surface area (TPSA) is 95.5 Å². The van der Waals surface area contributed by atoms with E-state index in [1.807, 2.05) is 36.4 Å². The van der Waals surface area contributed by atoms with Gasteiger partial charge in [-0.15, -0.1) is 0 Å². The molecule has 3 rings (SSSR count). The SMILES string of the molecule is O=C(NC(CO)C(=O)NCc1ccccc1)c1cccc(C(=O)c2ccccc2)c1. The first-order chi connectivity index (χ1) is 14.6. The monoisotopic (exact) mass is 402 g/mol. The zero-order valence-corrected chi connectivity index (χ0v) is 16.2. The predicted molar refractivity (Wildman–Crippen MR) is 113 cm³/mol. The van der Waals surface area contributed by atoms with E-state index in [-0.39, 0.29) is 17.9 Å². The average Bonchev–Trinajstić information content (AvgIpc) is 2.81. The average molecular weight is 402 g/mol. The summed E-state index contributed by atoms with van der Waals surface area (Å²) in [5.74, 6) is -1.25. The Labute approximate surface area is 174 Å². The number of carbonyl (C=O) groups excluding carboxylic acids is 3. The highest BCUT2D eigenvalue weighted by Gasteiger charge is 2.21. The van der Waals surface area contributed by atoms with E-state index in [1.165, 1.54) is 6.07 Å². The maximum atomic E-state index is 12.6. The molecule has 1 unspecified atom stereocenters. The van der Waals surface area contributed by atoms with E-state index in [0.29, 0.717) is 11.1 Å². The first-order valence-corrected chi connectivity index (χ1v) is 9.51. The lowest BCUT2D eigenvalue weighted by molar-refractivity contribution is -0.124. The van der Waals surface area contributed by atoms with Crippen molar-refractivity contribution in [1.29, 1.82) is 0 Å². The molecule has 3 aromatic rings. The maximum absolute atomic E-state index is 12.6. The smallest absolute Gasteiger partial charge is 0.252 e. The fraction of sp³-hybridized carbons (Fsp3) is 0.125. The van der Waals surface area contributed by atoms with Gasteiger partial charge in [0.25, 0.3) is 5.91 Å². The van der Waals surface area contributed by atoms with Crippen molar-refractivity contribution < 1.29 is 19.5 Å². The van der Waals surface area contributed by atoms with E-state index in [4.69, 9.17) is 0 Å². The zero-order valence-electron chi connectivity index (χ0n) is 16.2. The van der Waals surface area contributed by atoms with Gasteiger partial charge in [-0.05, 0) is 17.7 Å². The zero-order chi connectivity index (χ0) is 21.3. The van der Waals surface area contributed by atoms with Gasteiger partial charge < -0.3 is 15.7 Å². The highest BCUT2D eigenvalue weighted by Crippen LogP contribution is 2.12. The Hall–Kier alpha value is -3.77. The second-order valence-electron chi connectivity index (χ2n) is 6.69. The molecule has 2 amide bonds. The third kappa shape index (κ3) is 5.40. The minimum Gasteiger partial charge on any atom is -0.394 e. The molecule has 30 heavy (non-hydrogen) atoms. The van der Waals surface area contributed by atoms with Crippen LogP contribution in [0.1, 0.15) is 31.8 Å². The Kier molecular flexibility index (Phi) is 7.08. The molecule has 3 N–H and O–H groups in total. The molecule has 1 atom stereocenters. The van der Waals surface area contributed by atoms with Gasteiger partial charge in [0.05, 0.1) is 6.61 Å². The number of ketones is 1. The van der Waals surface area contributed by atoms with Crippen LogP contribution in [0.2, 0.25) is 0 Å². The van der Waals surface area contributed by atoms with Crippen molar-refractivity contribution >= 4 is 17.6 Å². The van der Waals surface area contributed by atoms with E-state index < -0.39 is 24.5 Å². The van der Waals surface area contributed by atoms with Gasteiger partial charge in [-0.3, -0.25) is 14.4 Å². The van der Waals surface area contributed by atoms with E-state index >= 15 is 0 Å². The van der Waals surface area contributed by atoms with Gasteiger partial charge in [0.15, 0.2) is 5.78 Å². The summed E-state index contributed by atoms with van der Waals surface area (Å²) in [7, 11) is 0. The van der Waals surface area contributed by atoms with Crippen molar-refractivity contribution in [2.45, 2.75) is 12.6 Å². The quantitative estimate of drug-likeness (QED) is 0.504. The number of nitrogens with one attached hydrogen (secondary N) is 2. The Balaban J connectivity index is 1.65. The second kappa shape index (κ2) is 10.1. The molecule has 6 nitrogen and oxygen atoms in total. The van der Waals surface area contributed by atoms with Gasteiger partial charge in [0.1, 0.15) is 6.04 Å². The Morgan fingerprint density at radius 1 is 0.767 bits per heavy atom. The van der Waals surface area contributed by atoms with Crippen molar-refractivity contribution in [3.63, 3.8) is 0 Å². The fourth-order valence-electron chi connectivity index (χ4n) is 2.90. The molecule has 0 radical (unpaired) electrons. The Bertz CT molecular complexity index is 1020. The first-order valence-electron chi connectivity index (χ1n) is 9.51. The molecule has 0 saturated heterocycles. The first kappa shape index (κ1) is 21.0. The molecule has 0 fully saturated rings. The van der Waals surface area contributed by atoms with Gasteiger partial charge in [0.2, 0.25) is 5.91 Å². The van der Waals surface area contributed by atoms with Gasteiger partial charge in [-0.2, -0.15) is 0 Å². The number of carbonyl (C=O) groups is 3. The van der Waals surface area contributed by atoms with E-state index in [2.05, 4.69) is 10.6 Å². The third-order valence-electron chi connectivity index (χ3n) is 4.54. The normalized spacial score (nSPS) is 11.4. The van der Waals surface area contributed by atoms with Crippen LogP contribution in [-0.2, 0) is 11.3 Å². The van der Waals surface area contributed by atoms with Crippen molar-refractivity contribution in [1.82, 2.24) is 10.6 Å². The molecule has 0 spiro atoms. The Morgan fingerprint density at radius 2 is 1.37 bits per heavy atom. The minimum atomic E-state index is -1.10. The molecular formula is C24H22N2O4. The van der Waals surface area contributed by atoms with Crippen LogP contribution in [0.4, 0.5) is 0 Å². The summed E-state index contributed by atoms with van der Waals surface area (Å²) in [4.78, 5) is 37.5. The lowest BCUT2D eigenvalue weighted by atomic mass is 10.0. The molecule has 3 aromatic carbocycles.